The van der Waals surface area contributed by atoms with Gasteiger partial charge in [-0.15, -0.1) is 0 Å². The Kier molecular flexibility index (Phi) is 9.25. The number of aliphatic imine (C=N–C) groups is 1. The number of ether oxygens (including phenoxy) is 2. The molecule has 0 saturated heterocycles. The van der Waals surface area contributed by atoms with E-state index in [-0.39, 0.29) is 65.3 Å². The number of esters is 1. The zero-order valence-electron chi connectivity index (χ0n) is 30.5. The smallest absolute Gasteiger partial charge is 0.340 e. The van der Waals surface area contributed by atoms with E-state index in [4.69, 9.17) is 38.4 Å². The van der Waals surface area contributed by atoms with Gasteiger partial charge in [-0.3, -0.25) is 19.5 Å². The minimum absolute atomic E-state index is 0.0416. The number of primary amides is 1. The number of nitrogens with zero attached hydrogens (tertiary/aromatic N) is 5. The Labute approximate surface area is 345 Å². The van der Waals surface area contributed by atoms with Gasteiger partial charge in [-0.2, -0.15) is 15.0 Å². The average Bonchev–Trinajstić information content (AvgIpc) is 3.40. The Bertz CT molecular complexity index is 2720. The highest BCUT2D eigenvalue weighted by molar-refractivity contribution is 6.32. The minimum atomic E-state index is -1.49. The van der Waals surface area contributed by atoms with Crippen molar-refractivity contribution in [1.82, 2.24) is 15.0 Å². The summed E-state index contributed by atoms with van der Waals surface area (Å²) in [6.07, 6.45) is 0.0546. The highest BCUT2D eigenvalue weighted by Crippen LogP contribution is 2.57. The molecule has 4 heterocycles. The number of hydrogen-bond acceptors (Lipinski definition) is 13. The van der Waals surface area contributed by atoms with Crippen molar-refractivity contribution in [3.63, 3.8) is 0 Å². The van der Waals surface area contributed by atoms with Gasteiger partial charge in [0.05, 0.1) is 17.0 Å². The molecular formula is C42H30Cl2N8O7. The van der Waals surface area contributed by atoms with Crippen molar-refractivity contribution in [2.24, 2.45) is 10.7 Å². The van der Waals surface area contributed by atoms with Crippen LogP contribution in [0.25, 0.3) is 0 Å². The number of carbonyl (C=O) groups excluding carboxylic acids is 3. The minimum Gasteiger partial charge on any atom is -0.508 e. The number of aromatic nitrogens is 3. The summed E-state index contributed by atoms with van der Waals surface area (Å²) in [5.74, 6) is -1.31. The summed E-state index contributed by atoms with van der Waals surface area (Å²) < 4.78 is 12.2. The molecule has 3 aliphatic heterocycles. The fourth-order valence-electron chi connectivity index (χ4n) is 7.64. The number of nitrogens with one attached hydrogen (secondary N) is 2. The fourth-order valence-corrected chi connectivity index (χ4v) is 7.98. The van der Waals surface area contributed by atoms with Gasteiger partial charge >= 0.3 is 5.97 Å². The zero-order chi connectivity index (χ0) is 41.0. The first kappa shape index (κ1) is 37.4. The van der Waals surface area contributed by atoms with Gasteiger partial charge < -0.3 is 36.1 Å². The van der Waals surface area contributed by atoms with E-state index < -0.39 is 29.4 Å². The number of nitrogens with two attached hydrogens (primary N) is 1. The van der Waals surface area contributed by atoms with Crippen LogP contribution in [0.5, 0.6) is 23.0 Å². The summed E-state index contributed by atoms with van der Waals surface area (Å²) in [6.45, 7) is -0.144. The Morgan fingerprint density at radius 1 is 0.831 bits per heavy atom. The second-order valence-corrected chi connectivity index (χ2v) is 14.5. The maximum Gasteiger partial charge on any atom is 0.340 e. The van der Waals surface area contributed by atoms with Crippen LogP contribution in [0.2, 0.25) is 10.3 Å². The SMILES string of the molecule is NC(=O)C(CCNc1nc(Cl)nc(Nc2ccc3c(c2)C2(OC3=O)c3ccc(O)cc3Oc3cc(O)ccc32)n1)N1C(=O)CN=C(c2ccccc2)c2cc(Cl)ccc21. The molecule has 15 nitrogen and oxygen atoms in total. The lowest BCUT2D eigenvalue weighted by Gasteiger charge is -2.36. The predicted octanol–water partition coefficient (Wildman–Crippen LogP) is 6.44. The number of phenolic OH excluding ortho intramolecular Hbond substituents is 2. The number of benzodiazepines with no additional fused rings is 1. The summed E-state index contributed by atoms with van der Waals surface area (Å²) in [6, 6.07) is 27.2. The van der Waals surface area contributed by atoms with Crippen LogP contribution in [-0.4, -0.2) is 67.8 Å². The molecule has 9 rings (SSSR count). The molecule has 2 amide bonds. The van der Waals surface area contributed by atoms with Gasteiger partial charge in [0.2, 0.25) is 29.0 Å². The standard InChI is InChI=1S/C42H30Cl2N8O7/c43-22-6-13-31-27(16-22)36(21-4-2-1-3-5-21)47-20-35(55)52(31)32(37(45)56)14-15-46-40-49-39(44)50-41(51-40)48-23-7-10-26-30(17-23)42(59-38(26)57)28-11-8-24(53)18-33(28)58-34-19-25(54)9-12-29(34)42/h1-13,16-19,32,53-54H,14-15,20H2,(H2,45,56)(H2,46,48,49,50,51). The molecule has 0 aliphatic carbocycles. The number of rotatable bonds is 9. The third kappa shape index (κ3) is 6.65. The number of fused-ring (bicyclic) bond motifs is 7. The lowest BCUT2D eigenvalue weighted by Crippen LogP contribution is -2.50. The van der Waals surface area contributed by atoms with Gasteiger partial charge in [0.1, 0.15) is 35.6 Å². The quantitative estimate of drug-likeness (QED) is 0.0996. The number of phenols is 2. The van der Waals surface area contributed by atoms with Gasteiger partial charge in [-0.05, 0) is 78.7 Å². The number of carbonyl (C=O) groups is 3. The highest BCUT2D eigenvalue weighted by Gasteiger charge is 2.54. The van der Waals surface area contributed by atoms with Crippen LogP contribution in [0.4, 0.5) is 23.3 Å². The van der Waals surface area contributed by atoms with Crippen molar-refractivity contribution in [3.05, 3.63) is 147 Å². The summed E-state index contributed by atoms with van der Waals surface area (Å²) in [5, 5.41) is 27.0. The van der Waals surface area contributed by atoms with Crippen molar-refractivity contribution >= 4 is 70.0 Å². The number of hydrogen-bond donors (Lipinski definition) is 5. The Morgan fingerprint density at radius 2 is 1.54 bits per heavy atom. The van der Waals surface area contributed by atoms with Crippen LogP contribution in [0, 0.1) is 0 Å². The van der Waals surface area contributed by atoms with Crippen LogP contribution in [0.3, 0.4) is 0 Å². The Hall–Kier alpha value is -7.23. The molecule has 294 valence electrons. The number of aromatic hydroxyl groups is 2. The molecule has 59 heavy (non-hydrogen) atoms. The molecule has 3 aliphatic rings. The van der Waals surface area contributed by atoms with Gasteiger partial charge in [0.15, 0.2) is 5.60 Å². The molecule has 6 aromatic rings. The number of benzene rings is 5. The average molecular weight is 830 g/mol. The summed E-state index contributed by atoms with van der Waals surface area (Å²) in [7, 11) is 0. The predicted molar refractivity (Wildman–Crippen MR) is 218 cm³/mol. The molecule has 6 N–H and O–H groups in total. The van der Waals surface area contributed by atoms with Gasteiger partial charge in [-0.1, -0.05) is 41.9 Å². The summed E-state index contributed by atoms with van der Waals surface area (Å²) >= 11 is 12.8. The first-order chi connectivity index (χ1) is 28.5. The molecule has 17 heteroatoms. The molecule has 1 unspecified atom stereocenters. The molecule has 0 saturated carbocycles. The van der Waals surface area contributed by atoms with Crippen molar-refractivity contribution in [2.45, 2.75) is 18.1 Å². The number of halogens is 2. The summed E-state index contributed by atoms with van der Waals surface area (Å²) in [5.41, 5.74) is 8.90. The van der Waals surface area contributed by atoms with Crippen LogP contribution in [0.15, 0.2) is 108 Å². The zero-order valence-corrected chi connectivity index (χ0v) is 32.0. The van der Waals surface area contributed by atoms with Gasteiger partial charge in [0.25, 0.3) is 0 Å². The van der Waals surface area contributed by atoms with E-state index in [0.29, 0.717) is 44.4 Å². The van der Waals surface area contributed by atoms with E-state index in [1.165, 1.54) is 29.2 Å². The third-order valence-electron chi connectivity index (χ3n) is 10.1. The van der Waals surface area contributed by atoms with Crippen molar-refractivity contribution in [2.75, 3.05) is 28.6 Å². The van der Waals surface area contributed by atoms with E-state index in [0.717, 1.165) is 5.56 Å². The van der Waals surface area contributed by atoms with Crippen molar-refractivity contribution in [1.29, 1.82) is 0 Å². The monoisotopic (exact) mass is 828 g/mol. The van der Waals surface area contributed by atoms with E-state index in [2.05, 4.69) is 30.6 Å². The fraction of sp³-hybridized carbons (Fsp3) is 0.119. The number of anilines is 4. The molecule has 5 aromatic carbocycles. The summed E-state index contributed by atoms with van der Waals surface area (Å²) in [4.78, 5) is 59.0. The molecule has 0 bridgehead atoms. The molecule has 1 aromatic heterocycles. The van der Waals surface area contributed by atoms with Crippen molar-refractivity contribution in [3.8, 4) is 23.0 Å². The normalized spacial score (nSPS) is 15.1. The van der Waals surface area contributed by atoms with Gasteiger partial charge in [-0.25, -0.2) is 4.79 Å². The maximum absolute atomic E-state index is 13.7. The molecule has 0 fully saturated rings. The first-order valence-electron chi connectivity index (χ1n) is 18.1. The van der Waals surface area contributed by atoms with E-state index in [9.17, 15) is 24.6 Å². The van der Waals surface area contributed by atoms with Crippen LogP contribution >= 0.6 is 23.2 Å². The Balaban J connectivity index is 0.978. The highest BCUT2D eigenvalue weighted by atomic mass is 35.5. The largest absolute Gasteiger partial charge is 0.508 e. The molecule has 1 atom stereocenters. The maximum atomic E-state index is 13.7. The van der Waals surface area contributed by atoms with E-state index in [1.807, 2.05) is 30.3 Å². The Morgan fingerprint density at radius 3 is 2.25 bits per heavy atom. The lowest BCUT2D eigenvalue weighted by atomic mass is 9.77. The van der Waals surface area contributed by atoms with Crippen LogP contribution in [-0.2, 0) is 19.9 Å². The van der Waals surface area contributed by atoms with E-state index in [1.54, 1.807) is 48.5 Å². The van der Waals surface area contributed by atoms with Crippen molar-refractivity contribution < 1.29 is 34.1 Å². The topological polar surface area (TPSA) is 214 Å². The molecular weight excluding hydrogens is 799 g/mol. The van der Waals surface area contributed by atoms with Crippen LogP contribution in [0.1, 0.15) is 44.6 Å². The van der Waals surface area contributed by atoms with Gasteiger partial charge in [0, 0.05) is 57.2 Å². The second kappa shape index (κ2) is 14.6. The molecule has 0 radical (unpaired) electrons. The lowest BCUT2D eigenvalue weighted by molar-refractivity contribution is -0.124. The number of amides is 2. The van der Waals surface area contributed by atoms with E-state index >= 15 is 0 Å². The second-order valence-electron chi connectivity index (χ2n) is 13.8. The molecule has 1 spiro atoms. The third-order valence-corrected chi connectivity index (χ3v) is 10.5. The van der Waals surface area contributed by atoms with Crippen LogP contribution < -0.4 is 26.0 Å². The first-order valence-corrected chi connectivity index (χ1v) is 18.9.